The standard InChI is InChI=1S/C15H16N2O/c1-11-10-12-6-3-4-7-13(12)17(11)14-8-5-9-15(18)16(14)2/h3-8,10,14H,9H2,1-2H3. The molecule has 0 fully saturated rings. The van der Waals surface area contributed by atoms with Gasteiger partial charge in [-0.1, -0.05) is 24.3 Å². The molecule has 2 aromatic rings. The van der Waals surface area contributed by atoms with Crippen LogP contribution in [-0.4, -0.2) is 22.4 Å². The van der Waals surface area contributed by atoms with E-state index < -0.39 is 0 Å². The molecule has 1 unspecified atom stereocenters. The predicted octanol–water partition coefficient (Wildman–Crippen LogP) is 2.87. The van der Waals surface area contributed by atoms with Gasteiger partial charge in [-0.15, -0.1) is 0 Å². The van der Waals surface area contributed by atoms with Crippen molar-refractivity contribution >= 4 is 16.8 Å². The van der Waals surface area contributed by atoms with E-state index in [0.29, 0.717) is 6.42 Å². The van der Waals surface area contributed by atoms with Crippen LogP contribution >= 0.6 is 0 Å². The van der Waals surface area contributed by atoms with E-state index in [9.17, 15) is 4.79 Å². The van der Waals surface area contributed by atoms with Crippen LogP contribution in [0.5, 0.6) is 0 Å². The molecule has 1 amide bonds. The summed E-state index contributed by atoms with van der Waals surface area (Å²) < 4.78 is 2.21. The van der Waals surface area contributed by atoms with Gasteiger partial charge in [-0.25, -0.2) is 0 Å². The summed E-state index contributed by atoms with van der Waals surface area (Å²) >= 11 is 0. The molecule has 0 aliphatic carbocycles. The predicted molar refractivity (Wildman–Crippen MR) is 72.2 cm³/mol. The summed E-state index contributed by atoms with van der Waals surface area (Å²) in [6.07, 6.45) is 4.55. The van der Waals surface area contributed by atoms with E-state index in [-0.39, 0.29) is 12.1 Å². The second kappa shape index (κ2) is 4.02. The van der Waals surface area contributed by atoms with Crippen molar-refractivity contribution < 1.29 is 4.79 Å². The molecule has 0 N–H and O–H groups in total. The Kier molecular flexibility index (Phi) is 2.47. The lowest BCUT2D eigenvalue weighted by Gasteiger charge is -2.31. The third-order valence-electron chi connectivity index (χ3n) is 3.60. The van der Waals surface area contributed by atoms with Crippen molar-refractivity contribution in [3.63, 3.8) is 0 Å². The monoisotopic (exact) mass is 240 g/mol. The highest BCUT2D eigenvalue weighted by molar-refractivity contribution is 5.83. The lowest BCUT2D eigenvalue weighted by Crippen LogP contribution is -2.35. The first-order valence-corrected chi connectivity index (χ1v) is 6.17. The van der Waals surface area contributed by atoms with Gasteiger partial charge in [-0.3, -0.25) is 4.79 Å². The quantitative estimate of drug-likeness (QED) is 0.704. The van der Waals surface area contributed by atoms with Crippen LogP contribution in [-0.2, 0) is 4.79 Å². The van der Waals surface area contributed by atoms with Gasteiger partial charge in [0.25, 0.3) is 0 Å². The lowest BCUT2D eigenvalue weighted by atomic mass is 10.2. The number of hydrogen-bond donors (Lipinski definition) is 0. The van der Waals surface area contributed by atoms with Crippen molar-refractivity contribution in [2.75, 3.05) is 7.05 Å². The zero-order chi connectivity index (χ0) is 12.7. The van der Waals surface area contributed by atoms with Crippen molar-refractivity contribution in [2.45, 2.75) is 19.5 Å². The Morgan fingerprint density at radius 1 is 1.28 bits per heavy atom. The minimum atomic E-state index is -0.00819. The van der Waals surface area contributed by atoms with Crippen LogP contribution in [0.4, 0.5) is 0 Å². The molecule has 3 heteroatoms. The molecule has 1 aromatic heterocycles. The Morgan fingerprint density at radius 2 is 2.06 bits per heavy atom. The Morgan fingerprint density at radius 3 is 2.89 bits per heavy atom. The molecule has 3 rings (SSSR count). The number of carbonyl (C=O) groups excluding carboxylic acids is 1. The van der Waals surface area contributed by atoms with Crippen LogP contribution in [0.25, 0.3) is 10.9 Å². The molecular formula is C15H16N2O. The minimum Gasteiger partial charge on any atom is -0.321 e. The summed E-state index contributed by atoms with van der Waals surface area (Å²) in [6, 6.07) is 10.4. The zero-order valence-electron chi connectivity index (χ0n) is 10.6. The topological polar surface area (TPSA) is 25.2 Å². The SMILES string of the molecule is Cc1cc2ccccc2n1C1C=CCC(=O)N1C. The van der Waals surface area contributed by atoms with E-state index in [1.807, 2.05) is 25.3 Å². The molecule has 1 aliphatic heterocycles. The fraction of sp³-hybridized carbons (Fsp3) is 0.267. The van der Waals surface area contributed by atoms with E-state index in [1.165, 1.54) is 16.6 Å². The van der Waals surface area contributed by atoms with Crippen molar-refractivity contribution in [1.29, 1.82) is 0 Å². The summed E-state index contributed by atoms with van der Waals surface area (Å²) in [5, 5.41) is 1.22. The van der Waals surface area contributed by atoms with Crippen LogP contribution in [0, 0.1) is 6.92 Å². The molecule has 1 aromatic carbocycles. The molecule has 2 heterocycles. The number of aromatic nitrogens is 1. The maximum absolute atomic E-state index is 11.8. The van der Waals surface area contributed by atoms with Gasteiger partial charge in [0.1, 0.15) is 6.17 Å². The van der Waals surface area contributed by atoms with E-state index in [0.717, 1.165) is 0 Å². The van der Waals surface area contributed by atoms with Gasteiger partial charge in [0, 0.05) is 19.2 Å². The number of hydrogen-bond acceptors (Lipinski definition) is 1. The lowest BCUT2D eigenvalue weighted by molar-refractivity contribution is -0.132. The second-order valence-electron chi connectivity index (χ2n) is 4.77. The third-order valence-corrected chi connectivity index (χ3v) is 3.60. The Labute approximate surface area is 106 Å². The van der Waals surface area contributed by atoms with Crippen LogP contribution in [0.2, 0.25) is 0 Å². The highest BCUT2D eigenvalue weighted by Gasteiger charge is 2.23. The molecule has 18 heavy (non-hydrogen) atoms. The molecule has 0 radical (unpaired) electrons. The summed E-state index contributed by atoms with van der Waals surface area (Å²) in [6.45, 7) is 2.08. The van der Waals surface area contributed by atoms with Crippen molar-refractivity contribution in [3.8, 4) is 0 Å². The van der Waals surface area contributed by atoms with E-state index in [4.69, 9.17) is 0 Å². The molecule has 0 spiro atoms. The molecule has 0 saturated heterocycles. The smallest absolute Gasteiger partial charge is 0.228 e. The first-order valence-electron chi connectivity index (χ1n) is 6.17. The molecule has 3 nitrogen and oxygen atoms in total. The molecule has 0 bridgehead atoms. The molecule has 1 atom stereocenters. The fourth-order valence-electron chi connectivity index (χ4n) is 2.64. The second-order valence-corrected chi connectivity index (χ2v) is 4.77. The highest BCUT2D eigenvalue weighted by atomic mass is 16.2. The number of benzene rings is 1. The Balaban J connectivity index is 2.19. The molecule has 0 saturated carbocycles. The van der Waals surface area contributed by atoms with Crippen molar-refractivity contribution in [2.24, 2.45) is 0 Å². The first kappa shape index (κ1) is 11.1. The maximum Gasteiger partial charge on any atom is 0.228 e. The highest BCUT2D eigenvalue weighted by Crippen LogP contribution is 2.28. The number of likely N-dealkylation sites (N-methyl/N-ethyl adjacent to an activating group) is 1. The minimum absolute atomic E-state index is 0.00819. The van der Waals surface area contributed by atoms with Crippen molar-refractivity contribution in [1.82, 2.24) is 9.47 Å². The molecular weight excluding hydrogens is 224 g/mol. The Hall–Kier alpha value is -2.03. The zero-order valence-corrected chi connectivity index (χ0v) is 10.6. The number of amides is 1. The molecule has 92 valence electrons. The van der Waals surface area contributed by atoms with Gasteiger partial charge in [0.2, 0.25) is 5.91 Å². The number of carbonyl (C=O) groups is 1. The van der Waals surface area contributed by atoms with Crippen LogP contribution in [0.3, 0.4) is 0 Å². The van der Waals surface area contributed by atoms with Gasteiger partial charge in [-0.05, 0) is 30.5 Å². The number of para-hydroxylation sites is 1. The summed E-state index contributed by atoms with van der Waals surface area (Å²) in [7, 11) is 1.87. The third kappa shape index (κ3) is 1.55. The normalized spacial score (nSPS) is 19.8. The summed E-state index contributed by atoms with van der Waals surface area (Å²) in [5.74, 6) is 0.166. The molecule has 1 aliphatic rings. The van der Waals surface area contributed by atoms with E-state index >= 15 is 0 Å². The van der Waals surface area contributed by atoms with Crippen molar-refractivity contribution in [3.05, 3.63) is 48.2 Å². The number of rotatable bonds is 1. The Bertz CT molecular complexity index is 639. The van der Waals surface area contributed by atoms with Gasteiger partial charge < -0.3 is 9.47 Å². The van der Waals surface area contributed by atoms with Crippen LogP contribution < -0.4 is 0 Å². The number of nitrogens with zero attached hydrogens (tertiary/aromatic N) is 2. The maximum atomic E-state index is 11.8. The van der Waals surface area contributed by atoms with Crippen LogP contribution in [0.15, 0.2) is 42.5 Å². The average molecular weight is 240 g/mol. The first-order chi connectivity index (χ1) is 8.68. The summed E-state index contributed by atoms with van der Waals surface area (Å²) in [4.78, 5) is 13.6. The van der Waals surface area contributed by atoms with Gasteiger partial charge >= 0.3 is 0 Å². The summed E-state index contributed by atoms with van der Waals surface area (Å²) in [5.41, 5.74) is 2.35. The van der Waals surface area contributed by atoms with E-state index in [1.54, 1.807) is 4.90 Å². The average Bonchev–Trinajstić information content (AvgIpc) is 2.69. The van der Waals surface area contributed by atoms with Gasteiger partial charge in [0.05, 0.1) is 5.52 Å². The van der Waals surface area contributed by atoms with Gasteiger partial charge in [-0.2, -0.15) is 0 Å². The van der Waals surface area contributed by atoms with Gasteiger partial charge in [0.15, 0.2) is 0 Å². The van der Waals surface area contributed by atoms with Crippen LogP contribution in [0.1, 0.15) is 18.3 Å². The number of aryl methyl sites for hydroxylation is 1. The largest absolute Gasteiger partial charge is 0.321 e. The fourth-order valence-corrected chi connectivity index (χ4v) is 2.64. The van der Waals surface area contributed by atoms with E-state index in [2.05, 4.69) is 35.8 Å². The number of fused-ring (bicyclic) bond motifs is 1.